The van der Waals surface area contributed by atoms with Gasteiger partial charge in [-0.2, -0.15) is 4.31 Å². The standard InChI is InChI=1S/C16H21N3O4S/c1-12-6-4-5-7-14(12)11-19(24(3,21)22)9-8-16(20)17-15-10-13(2)23-18-15/h4-7,10H,8-9,11H2,1-3H3,(H,17,18,20). The van der Waals surface area contributed by atoms with Crippen molar-refractivity contribution in [1.82, 2.24) is 9.46 Å². The maximum atomic E-state index is 12.0. The third-order valence-electron chi connectivity index (χ3n) is 3.56. The number of nitrogens with zero attached hydrogens (tertiary/aromatic N) is 2. The number of aryl methyl sites for hydroxylation is 2. The molecule has 2 aromatic rings. The van der Waals surface area contributed by atoms with Crippen molar-refractivity contribution < 1.29 is 17.7 Å². The molecule has 1 aromatic carbocycles. The molecule has 0 fully saturated rings. The molecule has 24 heavy (non-hydrogen) atoms. The van der Waals surface area contributed by atoms with E-state index >= 15 is 0 Å². The van der Waals surface area contributed by atoms with Crippen molar-refractivity contribution in [2.24, 2.45) is 0 Å². The molecule has 1 amide bonds. The molecular formula is C16H21N3O4S. The first-order valence-corrected chi connectivity index (χ1v) is 9.33. The summed E-state index contributed by atoms with van der Waals surface area (Å²) in [5.74, 6) is 0.589. The van der Waals surface area contributed by atoms with Gasteiger partial charge in [0.1, 0.15) is 5.76 Å². The summed E-state index contributed by atoms with van der Waals surface area (Å²) in [4.78, 5) is 12.0. The molecule has 1 N–H and O–H groups in total. The molecule has 2 rings (SSSR count). The zero-order chi connectivity index (χ0) is 17.7. The largest absolute Gasteiger partial charge is 0.360 e. The molecule has 1 aromatic heterocycles. The van der Waals surface area contributed by atoms with Crippen LogP contribution < -0.4 is 5.32 Å². The van der Waals surface area contributed by atoms with Gasteiger partial charge in [0, 0.05) is 25.6 Å². The summed E-state index contributed by atoms with van der Waals surface area (Å²) >= 11 is 0. The lowest BCUT2D eigenvalue weighted by atomic mass is 10.1. The minimum absolute atomic E-state index is 0.0326. The van der Waals surface area contributed by atoms with Gasteiger partial charge in [0.25, 0.3) is 0 Å². The van der Waals surface area contributed by atoms with E-state index in [4.69, 9.17) is 4.52 Å². The first kappa shape index (κ1) is 18.2. The van der Waals surface area contributed by atoms with Crippen LogP contribution in [-0.4, -0.2) is 36.6 Å². The lowest BCUT2D eigenvalue weighted by Crippen LogP contribution is -2.32. The third kappa shape index (κ3) is 5.17. The number of hydrogen-bond acceptors (Lipinski definition) is 5. The molecule has 0 aliphatic rings. The van der Waals surface area contributed by atoms with Crippen molar-refractivity contribution in [2.45, 2.75) is 26.8 Å². The van der Waals surface area contributed by atoms with Crippen LogP contribution in [-0.2, 0) is 21.4 Å². The van der Waals surface area contributed by atoms with E-state index in [1.807, 2.05) is 31.2 Å². The summed E-state index contributed by atoms with van der Waals surface area (Å²) in [6.07, 6.45) is 1.18. The maximum Gasteiger partial charge on any atom is 0.226 e. The Morgan fingerprint density at radius 2 is 2.00 bits per heavy atom. The molecule has 0 saturated carbocycles. The highest BCUT2D eigenvalue weighted by Gasteiger charge is 2.19. The van der Waals surface area contributed by atoms with Crippen molar-refractivity contribution >= 4 is 21.7 Å². The summed E-state index contributed by atoms with van der Waals surface area (Å²) in [6, 6.07) is 9.17. The van der Waals surface area contributed by atoms with Gasteiger partial charge in [-0.1, -0.05) is 29.4 Å². The Balaban J connectivity index is 1.99. The lowest BCUT2D eigenvalue weighted by molar-refractivity contribution is -0.116. The number of carbonyl (C=O) groups is 1. The summed E-state index contributed by atoms with van der Waals surface area (Å²) in [5, 5.41) is 6.25. The molecule has 1 heterocycles. The lowest BCUT2D eigenvalue weighted by Gasteiger charge is -2.20. The Bertz CT molecular complexity index is 814. The highest BCUT2D eigenvalue weighted by molar-refractivity contribution is 7.88. The van der Waals surface area contributed by atoms with E-state index in [-0.39, 0.29) is 25.4 Å². The molecule has 0 saturated heterocycles. The Morgan fingerprint density at radius 1 is 1.29 bits per heavy atom. The zero-order valence-electron chi connectivity index (χ0n) is 13.9. The third-order valence-corrected chi connectivity index (χ3v) is 4.81. The fourth-order valence-electron chi connectivity index (χ4n) is 2.20. The van der Waals surface area contributed by atoms with E-state index in [2.05, 4.69) is 10.5 Å². The minimum Gasteiger partial charge on any atom is -0.360 e. The van der Waals surface area contributed by atoms with Crippen molar-refractivity contribution in [3.63, 3.8) is 0 Å². The number of rotatable bonds is 7. The van der Waals surface area contributed by atoms with Crippen LogP contribution in [0, 0.1) is 13.8 Å². The molecule has 0 aliphatic carbocycles. The van der Waals surface area contributed by atoms with Crippen LogP contribution in [0.3, 0.4) is 0 Å². The van der Waals surface area contributed by atoms with Gasteiger partial charge in [-0.15, -0.1) is 0 Å². The SMILES string of the molecule is Cc1cc(NC(=O)CCN(Cc2ccccc2C)S(C)(=O)=O)no1. The molecular weight excluding hydrogens is 330 g/mol. The molecule has 0 bridgehead atoms. The Morgan fingerprint density at radius 3 is 2.58 bits per heavy atom. The predicted molar refractivity (Wildman–Crippen MR) is 90.9 cm³/mol. The summed E-state index contributed by atoms with van der Waals surface area (Å²) in [6.45, 7) is 3.98. The van der Waals surface area contributed by atoms with Crippen LogP contribution in [0.1, 0.15) is 23.3 Å². The van der Waals surface area contributed by atoms with Crippen molar-refractivity contribution in [3.05, 3.63) is 47.2 Å². The van der Waals surface area contributed by atoms with E-state index < -0.39 is 10.0 Å². The second-order valence-electron chi connectivity index (χ2n) is 5.64. The highest BCUT2D eigenvalue weighted by Crippen LogP contribution is 2.14. The Hall–Kier alpha value is -2.19. The van der Waals surface area contributed by atoms with Crippen LogP contribution in [0.5, 0.6) is 0 Å². The van der Waals surface area contributed by atoms with Gasteiger partial charge >= 0.3 is 0 Å². The van der Waals surface area contributed by atoms with Gasteiger partial charge in [-0.25, -0.2) is 8.42 Å². The summed E-state index contributed by atoms with van der Waals surface area (Å²) in [5.41, 5.74) is 1.92. The molecule has 0 unspecified atom stereocenters. The van der Waals surface area contributed by atoms with E-state index in [1.54, 1.807) is 13.0 Å². The number of anilines is 1. The molecule has 0 spiro atoms. The predicted octanol–water partition coefficient (Wildman–Crippen LogP) is 2.08. The zero-order valence-corrected chi connectivity index (χ0v) is 14.8. The average molecular weight is 351 g/mol. The second kappa shape index (κ2) is 7.59. The van der Waals surface area contributed by atoms with Crippen molar-refractivity contribution in [1.29, 1.82) is 0 Å². The van der Waals surface area contributed by atoms with Gasteiger partial charge in [-0.3, -0.25) is 4.79 Å². The smallest absolute Gasteiger partial charge is 0.226 e. The number of nitrogens with one attached hydrogen (secondary N) is 1. The van der Waals surface area contributed by atoms with Crippen LogP contribution in [0.15, 0.2) is 34.9 Å². The number of sulfonamides is 1. The Kier molecular flexibility index (Phi) is 5.74. The summed E-state index contributed by atoms with van der Waals surface area (Å²) < 4.78 is 30.1. The van der Waals surface area contributed by atoms with Crippen LogP contribution in [0.25, 0.3) is 0 Å². The first-order chi connectivity index (χ1) is 11.3. The minimum atomic E-state index is -3.43. The van der Waals surface area contributed by atoms with Gasteiger partial charge in [0.2, 0.25) is 15.9 Å². The average Bonchev–Trinajstić information content (AvgIpc) is 2.89. The van der Waals surface area contributed by atoms with E-state index in [1.165, 1.54) is 4.31 Å². The number of benzene rings is 1. The Labute approximate surface area is 141 Å². The molecule has 0 atom stereocenters. The number of aromatic nitrogens is 1. The molecule has 7 nitrogen and oxygen atoms in total. The summed E-state index contributed by atoms with van der Waals surface area (Å²) in [7, 11) is -3.43. The molecule has 0 aliphatic heterocycles. The highest BCUT2D eigenvalue weighted by atomic mass is 32.2. The van der Waals surface area contributed by atoms with Crippen LogP contribution in [0.2, 0.25) is 0 Å². The fourth-order valence-corrected chi connectivity index (χ4v) is 2.99. The monoisotopic (exact) mass is 351 g/mol. The van der Waals surface area contributed by atoms with Gasteiger partial charge in [-0.05, 0) is 25.0 Å². The number of amides is 1. The van der Waals surface area contributed by atoms with Crippen molar-refractivity contribution in [3.8, 4) is 0 Å². The molecule has 0 radical (unpaired) electrons. The first-order valence-electron chi connectivity index (χ1n) is 7.48. The van der Waals surface area contributed by atoms with Crippen LogP contribution >= 0.6 is 0 Å². The maximum absolute atomic E-state index is 12.0. The number of hydrogen-bond donors (Lipinski definition) is 1. The topological polar surface area (TPSA) is 92.5 Å². The van der Waals surface area contributed by atoms with E-state index in [0.29, 0.717) is 11.6 Å². The quantitative estimate of drug-likeness (QED) is 0.824. The second-order valence-corrected chi connectivity index (χ2v) is 7.63. The number of carbonyl (C=O) groups excluding carboxylic acids is 1. The van der Waals surface area contributed by atoms with Crippen LogP contribution in [0.4, 0.5) is 5.82 Å². The van der Waals surface area contributed by atoms with Gasteiger partial charge in [0.15, 0.2) is 5.82 Å². The fraction of sp³-hybridized carbons (Fsp3) is 0.375. The van der Waals surface area contributed by atoms with E-state index in [9.17, 15) is 13.2 Å². The normalized spacial score (nSPS) is 11.7. The van der Waals surface area contributed by atoms with Gasteiger partial charge in [0.05, 0.1) is 6.26 Å². The molecule has 8 heteroatoms. The van der Waals surface area contributed by atoms with E-state index in [0.717, 1.165) is 17.4 Å². The van der Waals surface area contributed by atoms with Gasteiger partial charge < -0.3 is 9.84 Å². The van der Waals surface area contributed by atoms with Crippen molar-refractivity contribution in [2.75, 3.05) is 18.1 Å². The molecule has 130 valence electrons.